The van der Waals surface area contributed by atoms with Gasteiger partial charge in [-0.1, -0.05) is 0 Å². The first-order chi connectivity index (χ1) is 7.52. The molecule has 4 nitrogen and oxygen atoms in total. The Bertz CT molecular complexity index is 517. The topological polar surface area (TPSA) is 58.6 Å². The maximum absolute atomic E-state index is 12.3. The number of aldehydes is 1. The van der Waals surface area contributed by atoms with E-state index >= 15 is 0 Å². The lowest BCUT2D eigenvalue weighted by molar-refractivity contribution is -0.140. The molecule has 84 valence electrons. The average molecular weight is 247 g/mol. The van der Waals surface area contributed by atoms with Crippen molar-refractivity contribution in [3.05, 3.63) is 23.0 Å². The van der Waals surface area contributed by atoms with Crippen LogP contribution in [-0.2, 0) is 6.18 Å². The molecule has 8 heteroatoms. The van der Waals surface area contributed by atoms with Crippen molar-refractivity contribution in [1.82, 2.24) is 15.2 Å². The largest absolute Gasteiger partial charge is 0.434 e. The number of thiazole rings is 1. The summed E-state index contributed by atoms with van der Waals surface area (Å²) in [6.45, 7) is 0. The quantitative estimate of drug-likeness (QED) is 0.829. The number of hydrogen-bond acceptors (Lipinski definition) is 4. The van der Waals surface area contributed by atoms with E-state index in [0.717, 1.165) is 16.7 Å². The van der Waals surface area contributed by atoms with Crippen molar-refractivity contribution in [3.8, 4) is 10.6 Å². The summed E-state index contributed by atoms with van der Waals surface area (Å²) in [5.41, 5.74) is -0.580. The highest BCUT2D eigenvalue weighted by molar-refractivity contribution is 7.13. The third-order valence-electron chi connectivity index (χ3n) is 1.81. The van der Waals surface area contributed by atoms with E-state index in [9.17, 15) is 18.0 Å². The number of nitrogens with zero attached hydrogens (tertiary/aromatic N) is 2. The number of rotatable bonds is 2. The predicted molar refractivity (Wildman–Crippen MR) is 50.1 cm³/mol. The van der Waals surface area contributed by atoms with Crippen molar-refractivity contribution in [1.29, 1.82) is 0 Å². The number of hydrogen-bond donors (Lipinski definition) is 1. The summed E-state index contributed by atoms with van der Waals surface area (Å²) in [6.07, 6.45) is -2.72. The second-order valence-corrected chi connectivity index (χ2v) is 3.71. The van der Waals surface area contributed by atoms with Crippen LogP contribution in [0.4, 0.5) is 13.2 Å². The molecule has 0 aliphatic carbocycles. The Morgan fingerprint density at radius 2 is 2.19 bits per heavy atom. The fraction of sp³-hybridized carbons (Fsp3) is 0.125. The van der Waals surface area contributed by atoms with E-state index in [-0.39, 0.29) is 16.3 Å². The van der Waals surface area contributed by atoms with Gasteiger partial charge < -0.3 is 0 Å². The minimum absolute atomic E-state index is 0.114. The van der Waals surface area contributed by atoms with Crippen molar-refractivity contribution >= 4 is 17.6 Å². The first-order valence-corrected chi connectivity index (χ1v) is 4.92. The van der Waals surface area contributed by atoms with E-state index in [4.69, 9.17) is 0 Å². The van der Waals surface area contributed by atoms with Crippen LogP contribution < -0.4 is 0 Å². The van der Waals surface area contributed by atoms with Crippen molar-refractivity contribution in [2.75, 3.05) is 0 Å². The van der Waals surface area contributed by atoms with Gasteiger partial charge in [0.05, 0.1) is 11.8 Å². The van der Waals surface area contributed by atoms with Gasteiger partial charge in [-0.2, -0.15) is 18.3 Å². The fourth-order valence-electron chi connectivity index (χ4n) is 1.08. The van der Waals surface area contributed by atoms with Gasteiger partial charge >= 0.3 is 6.18 Å². The molecule has 0 atom stereocenters. The van der Waals surface area contributed by atoms with E-state index < -0.39 is 11.9 Å². The fourth-order valence-corrected chi connectivity index (χ4v) is 1.93. The molecule has 2 rings (SSSR count). The Morgan fingerprint density at radius 3 is 2.75 bits per heavy atom. The molecular weight excluding hydrogens is 243 g/mol. The summed E-state index contributed by atoms with van der Waals surface area (Å²) in [6, 6.07) is 0. The number of nitrogens with one attached hydrogen (secondary N) is 1. The molecule has 0 aliphatic rings. The highest BCUT2D eigenvalue weighted by Gasteiger charge is 2.34. The lowest BCUT2D eigenvalue weighted by atomic mass is 10.3. The highest BCUT2D eigenvalue weighted by Crippen LogP contribution is 2.33. The molecule has 0 aliphatic heterocycles. The van der Waals surface area contributed by atoms with Gasteiger partial charge in [0.1, 0.15) is 10.7 Å². The standard InChI is InChI=1S/C8H4F3N3OS/c9-8(10,11)6-3-16-7(13-6)4-1-12-14-5(4)2-15/h1-3H,(H,12,14). The first-order valence-electron chi connectivity index (χ1n) is 4.04. The number of H-pyrrole nitrogens is 1. The zero-order valence-electron chi connectivity index (χ0n) is 7.58. The molecule has 0 amide bonds. The van der Waals surface area contributed by atoms with Crippen LogP contribution in [0, 0.1) is 0 Å². The van der Waals surface area contributed by atoms with Crippen LogP contribution in [0.1, 0.15) is 16.2 Å². The van der Waals surface area contributed by atoms with Crippen LogP contribution in [0.2, 0.25) is 0 Å². The predicted octanol–water partition coefficient (Wildman–Crippen LogP) is 2.36. The molecular formula is C8H4F3N3OS. The Labute approximate surface area is 91.1 Å². The molecule has 0 unspecified atom stereocenters. The second-order valence-electron chi connectivity index (χ2n) is 2.85. The molecule has 0 bridgehead atoms. The van der Waals surface area contributed by atoms with Crippen LogP contribution in [0.25, 0.3) is 10.6 Å². The van der Waals surface area contributed by atoms with Crippen molar-refractivity contribution in [2.45, 2.75) is 6.18 Å². The molecule has 0 saturated heterocycles. The van der Waals surface area contributed by atoms with E-state index in [2.05, 4.69) is 15.2 Å². The third-order valence-corrected chi connectivity index (χ3v) is 2.69. The van der Waals surface area contributed by atoms with Crippen LogP contribution in [0.3, 0.4) is 0 Å². The second kappa shape index (κ2) is 3.71. The molecule has 1 N–H and O–H groups in total. The molecule has 0 radical (unpaired) electrons. The summed E-state index contributed by atoms with van der Waals surface area (Å²) < 4.78 is 36.8. The summed E-state index contributed by atoms with van der Waals surface area (Å²) in [7, 11) is 0. The minimum Gasteiger partial charge on any atom is -0.296 e. The summed E-state index contributed by atoms with van der Waals surface area (Å²) in [5.74, 6) is 0. The highest BCUT2D eigenvalue weighted by atomic mass is 32.1. The van der Waals surface area contributed by atoms with Crippen LogP contribution >= 0.6 is 11.3 Å². The Kier molecular flexibility index (Phi) is 2.50. The average Bonchev–Trinajstić information content (AvgIpc) is 2.84. The zero-order valence-corrected chi connectivity index (χ0v) is 8.39. The lowest BCUT2D eigenvalue weighted by Gasteiger charge is -1.99. The third kappa shape index (κ3) is 1.83. The van der Waals surface area contributed by atoms with Crippen LogP contribution in [-0.4, -0.2) is 21.5 Å². The number of aromatic nitrogens is 3. The summed E-state index contributed by atoms with van der Waals surface area (Å²) >= 11 is 0.814. The van der Waals surface area contributed by atoms with Gasteiger partial charge in [-0.25, -0.2) is 4.98 Å². The van der Waals surface area contributed by atoms with E-state index in [0.29, 0.717) is 6.29 Å². The van der Waals surface area contributed by atoms with Gasteiger partial charge in [0.15, 0.2) is 12.0 Å². The molecule has 0 spiro atoms. The molecule has 0 saturated carbocycles. The van der Waals surface area contributed by atoms with E-state index in [1.54, 1.807) is 0 Å². The molecule has 16 heavy (non-hydrogen) atoms. The Morgan fingerprint density at radius 1 is 1.44 bits per heavy atom. The van der Waals surface area contributed by atoms with Crippen molar-refractivity contribution < 1.29 is 18.0 Å². The molecule has 0 aromatic carbocycles. The van der Waals surface area contributed by atoms with E-state index in [1.165, 1.54) is 6.20 Å². The van der Waals surface area contributed by atoms with Crippen molar-refractivity contribution in [2.24, 2.45) is 0 Å². The minimum atomic E-state index is -4.47. The first kappa shape index (κ1) is 10.8. The lowest BCUT2D eigenvalue weighted by Crippen LogP contribution is -2.04. The number of alkyl halides is 3. The summed E-state index contributed by atoms with van der Waals surface area (Å²) in [5, 5.41) is 6.95. The zero-order chi connectivity index (χ0) is 11.8. The van der Waals surface area contributed by atoms with Crippen molar-refractivity contribution in [3.63, 3.8) is 0 Å². The van der Waals surface area contributed by atoms with Gasteiger partial charge in [0.2, 0.25) is 0 Å². The Hall–Kier alpha value is -1.70. The molecule has 0 fully saturated rings. The molecule has 2 aromatic rings. The summed E-state index contributed by atoms with van der Waals surface area (Å²) in [4.78, 5) is 14.0. The van der Waals surface area contributed by atoms with Gasteiger partial charge in [0.25, 0.3) is 0 Å². The van der Waals surface area contributed by atoms with Crippen LogP contribution in [0.15, 0.2) is 11.6 Å². The monoisotopic (exact) mass is 247 g/mol. The number of carbonyl (C=O) groups is 1. The molecule has 2 aromatic heterocycles. The maximum atomic E-state index is 12.3. The van der Waals surface area contributed by atoms with Gasteiger partial charge in [0, 0.05) is 5.38 Å². The van der Waals surface area contributed by atoms with Gasteiger partial charge in [-0.3, -0.25) is 9.89 Å². The SMILES string of the molecule is O=Cc1[nH]ncc1-c1nc(C(F)(F)F)cs1. The smallest absolute Gasteiger partial charge is 0.296 e. The number of carbonyl (C=O) groups excluding carboxylic acids is 1. The number of halogens is 3. The van der Waals surface area contributed by atoms with Gasteiger partial charge in [-0.15, -0.1) is 11.3 Å². The van der Waals surface area contributed by atoms with Gasteiger partial charge in [-0.05, 0) is 0 Å². The Balaban J connectivity index is 2.43. The normalized spacial score (nSPS) is 11.7. The number of aromatic amines is 1. The molecule has 2 heterocycles. The maximum Gasteiger partial charge on any atom is 0.434 e. The van der Waals surface area contributed by atoms with E-state index in [1.807, 2.05) is 0 Å². The van der Waals surface area contributed by atoms with Crippen LogP contribution in [0.5, 0.6) is 0 Å².